The standard InChI is InChI=1S/C32H37Cl2N7.3ClH/c1-39-17-19-41(20-18-39)26-10-12-28-30(22-26)38-32(37-28)24-7-11-27-29(21-24)36-31(35-27)4-2-3-23-5-8-25(9-6-23)40(15-13-33)16-14-34;;;/h5-12,21-22H,2-4,13-20H2,1H3,(H,35,36)(H,37,38);3*1H. The fraction of sp³-hybridized carbons (Fsp3) is 0.375. The average molecular weight is 700 g/mol. The molecule has 1 aliphatic heterocycles. The molecule has 0 aliphatic carbocycles. The number of nitrogens with zero attached hydrogens (tertiary/aromatic N) is 5. The molecule has 1 fully saturated rings. The summed E-state index contributed by atoms with van der Waals surface area (Å²) in [5, 5.41) is 0. The van der Waals surface area contributed by atoms with E-state index < -0.39 is 0 Å². The van der Waals surface area contributed by atoms with E-state index in [0.29, 0.717) is 11.8 Å². The van der Waals surface area contributed by atoms with Crippen LogP contribution in [-0.4, -0.2) is 82.9 Å². The number of alkyl halides is 2. The highest BCUT2D eigenvalue weighted by molar-refractivity contribution is 6.18. The Bertz CT molecular complexity index is 1590. The number of hydrogen-bond donors (Lipinski definition) is 2. The lowest BCUT2D eigenvalue weighted by Gasteiger charge is -2.34. The molecule has 1 saturated heterocycles. The Balaban J connectivity index is 0.00000176. The maximum atomic E-state index is 5.96. The van der Waals surface area contributed by atoms with Crippen molar-refractivity contribution in [2.24, 2.45) is 0 Å². The molecule has 2 aromatic heterocycles. The van der Waals surface area contributed by atoms with Crippen LogP contribution in [0.4, 0.5) is 11.4 Å². The van der Waals surface area contributed by atoms with Crippen LogP contribution in [0.3, 0.4) is 0 Å². The van der Waals surface area contributed by atoms with Crippen molar-refractivity contribution in [3.8, 4) is 11.4 Å². The number of fused-ring (bicyclic) bond motifs is 2. The molecule has 12 heteroatoms. The predicted octanol–water partition coefficient (Wildman–Crippen LogP) is 7.58. The normalized spacial score (nSPS) is 13.4. The van der Waals surface area contributed by atoms with Gasteiger partial charge in [0.15, 0.2) is 0 Å². The minimum absolute atomic E-state index is 0. The van der Waals surface area contributed by atoms with Gasteiger partial charge in [0.05, 0.1) is 22.1 Å². The van der Waals surface area contributed by atoms with E-state index in [1.165, 1.54) is 16.9 Å². The number of likely N-dealkylation sites (N-methyl/N-ethyl adjacent to an activating group) is 1. The Labute approximate surface area is 287 Å². The molecule has 2 N–H and O–H groups in total. The number of hydrogen-bond acceptors (Lipinski definition) is 5. The van der Waals surface area contributed by atoms with E-state index >= 15 is 0 Å². The molecule has 0 bridgehead atoms. The van der Waals surface area contributed by atoms with Crippen molar-refractivity contribution >= 4 is 93.9 Å². The van der Waals surface area contributed by atoms with Gasteiger partial charge in [0.1, 0.15) is 11.6 Å². The highest BCUT2D eigenvalue weighted by Gasteiger charge is 2.16. The van der Waals surface area contributed by atoms with Crippen LogP contribution in [-0.2, 0) is 12.8 Å². The maximum absolute atomic E-state index is 5.96. The summed E-state index contributed by atoms with van der Waals surface area (Å²) < 4.78 is 0. The Hall–Kier alpha value is -2.39. The molecule has 0 radical (unpaired) electrons. The van der Waals surface area contributed by atoms with Crippen LogP contribution >= 0.6 is 60.4 Å². The molecule has 0 atom stereocenters. The van der Waals surface area contributed by atoms with Crippen LogP contribution in [0.2, 0.25) is 0 Å². The van der Waals surface area contributed by atoms with E-state index in [0.717, 1.165) is 97.8 Å². The predicted molar refractivity (Wildman–Crippen MR) is 195 cm³/mol. The minimum Gasteiger partial charge on any atom is -0.369 e. The first-order chi connectivity index (χ1) is 20.1. The van der Waals surface area contributed by atoms with Gasteiger partial charge in [-0.2, -0.15) is 0 Å². The number of imidazole rings is 2. The summed E-state index contributed by atoms with van der Waals surface area (Å²) in [5.41, 5.74) is 8.89. The second-order valence-corrected chi connectivity index (χ2v) is 11.6. The SMILES string of the molecule is CN1CCN(c2ccc3nc(-c4ccc5nc(CCCc6ccc(N(CCCl)CCCl)cc6)[nH]c5c4)[nH]c3c2)CC1.Cl.Cl.Cl. The number of rotatable bonds is 11. The van der Waals surface area contributed by atoms with Gasteiger partial charge in [-0.05, 0) is 74.0 Å². The Kier molecular flexibility index (Phi) is 13.8. The molecule has 1 aliphatic rings. The van der Waals surface area contributed by atoms with Gasteiger partial charge in [0, 0.05) is 74.4 Å². The number of piperazine rings is 1. The summed E-state index contributed by atoms with van der Waals surface area (Å²) in [5.74, 6) is 3.08. The third-order valence-corrected chi connectivity index (χ3v) is 8.37. The average Bonchev–Trinajstić information content (AvgIpc) is 3.61. The van der Waals surface area contributed by atoms with Crippen LogP contribution in [0.15, 0.2) is 60.7 Å². The Morgan fingerprint density at radius 1 is 0.750 bits per heavy atom. The molecule has 0 unspecified atom stereocenters. The van der Waals surface area contributed by atoms with Crippen molar-refractivity contribution < 1.29 is 0 Å². The molecule has 0 spiro atoms. The van der Waals surface area contributed by atoms with Crippen molar-refractivity contribution in [1.82, 2.24) is 24.8 Å². The smallest absolute Gasteiger partial charge is 0.138 e. The van der Waals surface area contributed by atoms with Gasteiger partial charge < -0.3 is 24.7 Å². The number of aromatic nitrogens is 4. The van der Waals surface area contributed by atoms with Gasteiger partial charge in [-0.3, -0.25) is 0 Å². The van der Waals surface area contributed by atoms with Crippen molar-refractivity contribution in [3.05, 3.63) is 72.1 Å². The molecule has 44 heavy (non-hydrogen) atoms. The zero-order chi connectivity index (χ0) is 28.2. The van der Waals surface area contributed by atoms with Crippen LogP contribution in [0.25, 0.3) is 33.5 Å². The number of aromatic amines is 2. The van der Waals surface area contributed by atoms with E-state index in [9.17, 15) is 0 Å². The zero-order valence-electron chi connectivity index (χ0n) is 24.8. The first-order valence-corrected chi connectivity index (χ1v) is 15.5. The summed E-state index contributed by atoms with van der Waals surface area (Å²) >= 11 is 11.9. The van der Waals surface area contributed by atoms with Gasteiger partial charge in [-0.25, -0.2) is 9.97 Å². The van der Waals surface area contributed by atoms with Crippen molar-refractivity contribution in [1.29, 1.82) is 0 Å². The number of H-pyrrole nitrogens is 2. The highest BCUT2D eigenvalue weighted by atomic mass is 35.5. The van der Waals surface area contributed by atoms with Crippen LogP contribution in [0.1, 0.15) is 17.8 Å². The fourth-order valence-corrected chi connectivity index (χ4v) is 6.04. The molecule has 0 amide bonds. The summed E-state index contributed by atoms with van der Waals surface area (Å²) in [6.45, 7) is 5.89. The van der Waals surface area contributed by atoms with E-state index in [2.05, 4.69) is 92.4 Å². The van der Waals surface area contributed by atoms with E-state index in [1.807, 2.05) is 0 Å². The molecule has 7 nitrogen and oxygen atoms in total. The highest BCUT2D eigenvalue weighted by Crippen LogP contribution is 2.27. The molecule has 3 aromatic carbocycles. The van der Waals surface area contributed by atoms with Crippen molar-refractivity contribution in [2.75, 3.05) is 67.9 Å². The third-order valence-electron chi connectivity index (χ3n) is 8.03. The number of benzene rings is 3. The first-order valence-electron chi connectivity index (χ1n) is 14.5. The lowest BCUT2D eigenvalue weighted by Crippen LogP contribution is -2.44. The van der Waals surface area contributed by atoms with Gasteiger partial charge in [0.2, 0.25) is 0 Å². The largest absolute Gasteiger partial charge is 0.369 e. The number of nitrogens with one attached hydrogen (secondary N) is 2. The second-order valence-electron chi connectivity index (χ2n) is 10.9. The molecule has 0 saturated carbocycles. The Morgan fingerprint density at radius 3 is 2.11 bits per heavy atom. The van der Waals surface area contributed by atoms with E-state index in [4.69, 9.17) is 33.2 Å². The molecule has 5 aromatic rings. The van der Waals surface area contributed by atoms with Crippen molar-refractivity contribution in [3.63, 3.8) is 0 Å². The van der Waals surface area contributed by atoms with Crippen LogP contribution in [0, 0.1) is 0 Å². The van der Waals surface area contributed by atoms with Crippen LogP contribution in [0.5, 0.6) is 0 Å². The Morgan fingerprint density at radius 2 is 1.41 bits per heavy atom. The van der Waals surface area contributed by atoms with Crippen LogP contribution < -0.4 is 9.80 Å². The molecular weight excluding hydrogens is 660 g/mol. The lowest BCUT2D eigenvalue weighted by molar-refractivity contribution is 0.313. The third kappa shape index (κ3) is 8.45. The summed E-state index contributed by atoms with van der Waals surface area (Å²) in [7, 11) is 2.18. The lowest BCUT2D eigenvalue weighted by atomic mass is 10.1. The maximum Gasteiger partial charge on any atom is 0.138 e. The number of anilines is 2. The van der Waals surface area contributed by atoms with Crippen molar-refractivity contribution in [2.45, 2.75) is 19.3 Å². The molecule has 3 heterocycles. The minimum atomic E-state index is 0. The van der Waals surface area contributed by atoms with E-state index in [1.54, 1.807) is 0 Å². The van der Waals surface area contributed by atoms with Gasteiger partial charge in [-0.1, -0.05) is 12.1 Å². The summed E-state index contributed by atoms with van der Waals surface area (Å²) in [6, 6.07) is 21.6. The number of halogens is 5. The zero-order valence-corrected chi connectivity index (χ0v) is 28.7. The first kappa shape index (κ1) is 36.1. The molecule has 238 valence electrons. The summed E-state index contributed by atoms with van der Waals surface area (Å²) in [6.07, 6.45) is 2.93. The molecular formula is C32H40Cl5N7. The fourth-order valence-electron chi connectivity index (χ4n) is 5.63. The monoisotopic (exact) mass is 697 g/mol. The van der Waals surface area contributed by atoms with Gasteiger partial charge >= 0.3 is 0 Å². The van der Waals surface area contributed by atoms with Gasteiger partial charge in [-0.15, -0.1) is 60.4 Å². The molecule has 6 rings (SSSR count). The summed E-state index contributed by atoms with van der Waals surface area (Å²) in [4.78, 5) is 23.9. The van der Waals surface area contributed by atoms with Gasteiger partial charge in [0.25, 0.3) is 0 Å². The quantitative estimate of drug-likeness (QED) is 0.139. The number of aryl methyl sites for hydroxylation is 2. The second kappa shape index (κ2) is 16.8. The van der Waals surface area contributed by atoms with E-state index in [-0.39, 0.29) is 37.2 Å². The topological polar surface area (TPSA) is 67.1 Å².